The standard InChI is InChI=1S/C22H26F3N5O3S2.C2HF3O2/c1-2-35(32,33)30-5-3-13(4-6-30)17-9-28-20-15(17)7-14(8-16(20)21(26)31)18-11-34-19(29-18)10-27-12-22(23,24)25;3-2(4,5)1(6)7/h7-9,11,13,27-28H,2-6,10,12H2,1H3,(H2,26,31);(H,6,7). The van der Waals surface area contributed by atoms with Crippen molar-refractivity contribution in [3.05, 3.63) is 39.8 Å². The van der Waals surface area contributed by atoms with Crippen LogP contribution in [-0.4, -0.2) is 77.4 Å². The van der Waals surface area contributed by atoms with Crippen molar-refractivity contribution in [2.45, 2.75) is 44.6 Å². The van der Waals surface area contributed by atoms with Gasteiger partial charge in [0.05, 0.1) is 29.1 Å². The van der Waals surface area contributed by atoms with Gasteiger partial charge in [0, 0.05) is 42.2 Å². The van der Waals surface area contributed by atoms with E-state index in [2.05, 4.69) is 15.3 Å². The Morgan fingerprint density at radius 1 is 1.19 bits per heavy atom. The van der Waals surface area contributed by atoms with E-state index in [0.29, 0.717) is 53.3 Å². The molecule has 1 aliphatic rings. The minimum atomic E-state index is -5.08. The SMILES string of the molecule is CCS(=O)(=O)N1CCC(c2c[nH]c3c(C(N)=O)cc(-c4csc(CNCC(F)(F)F)n4)cc23)CC1.O=C(O)C(F)(F)F. The van der Waals surface area contributed by atoms with Crippen LogP contribution >= 0.6 is 11.3 Å². The van der Waals surface area contributed by atoms with E-state index in [1.54, 1.807) is 18.4 Å². The van der Waals surface area contributed by atoms with E-state index < -0.39 is 40.8 Å². The van der Waals surface area contributed by atoms with Crippen LogP contribution in [0, 0.1) is 0 Å². The van der Waals surface area contributed by atoms with Gasteiger partial charge < -0.3 is 21.1 Å². The number of sulfonamides is 1. The summed E-state index contributed by atoms with van der Waals surface area (Å²) in [6, 6.07) is 3.52. The van der Waals surface area contributed by atoms with Gasteiger partial charge in [0.15, 0.2) is 0 Å². The van der Waals surface area contributed by atoms with E-state index >= 15 is 0 Å². The molecule has 0 radical (unpaired) electrons. The number of primary amides is 1. The second-order valence-electron chi connectivity index (χ2n) is 9.28. The van der Waals surface area contributed by atoms with Gasteiger partial charge in [-0.2, -0.15) is 26.3 Å². The summed E-state index contributed by atoms with van der Waals surface area (Å²) in [6.45, 7) is 1.35. The van der Waals surface area contributed by atoms with Gasteiger partial charge in [-0.05, 0) is 43.4 Å². The van der Waals surface area contributed by atoms with Gasteiger partial charge in [-0.15, -0.1) is 11.3 Å². The molecule has 3 aromatic rings. The minimum Gasteiger partial charge on any atom is -0.475 e. The number of thiazole rings is 1. The topological polar surface area (TPSA) is 158 Å². The molecule has 1 aliphatic heterocycles. The van der Waals surface area contributed by atoms with Crippen LogP contribution in [0.4, 0.5) is 26.3 Å². The van der Waals surface area contributed by atoms with Gasteiger partial charge in [-0.1, -0.05) is 0 Å². The molecule has 0 saturated carbocycles. The lowest BCUT2D eigenvalue weighted by Gasteiger charge is -2.31. The summed E-state index contributed by atoms with van der Waals surface area (Å²) in [4.78, 5) is 28.7. The molecule has 0 unspecified atom stereocenters. The Kier molecular flexibility index (Phi) is 10.3. The Hall–Kier alpha value is -3.22. The third-order valence-electron chi connectivity index (χ3n) is 6.43. The first kappa shape index (κ1) is 33.3. The van der Waals surface area contributed by atoms with E-state index in [-0.39, 0.29) is 18.2 Å². The number of alkyl halides is 6. The molecule has 0 spiro atoms. The van der Waals surface area contributed by atoms with Gasteiger partial charge in [0.1, 0.15) is 5.01 Å². The van der Waals surface area contributed by atoms with Crippen molar-refractivity contribution in [1.29, 1.82) is 0 Å². The summed E-state index contributed by atoms with van der Waals surface area (Å²) >= 11 is 1.23. The van der Waals surface area contributed by atoms with Gasteiger partial charge in [-0.3, -0.25) is 4.79 Å². The lowest BCUT2D eigenvalue weighted by Crippen LogP contribution is -2.38. The quantitative estimate of drug-likeness (QED) is 0.268. The molecule has 5 N–H and O–H groups in total. The first-order chi connectivity index (χ1) is 19.4. The number of amides is 1. The number of nitrogens with one attached hydrogen (secondary N) is 2. The molecular weight excluding hydrogens is 616 g/mol. The zero-order valence-corrected chi connectivity index (χ0v) is 23.6. The van der Waals surface area contributed by atoms with Crippen molar-refractivity contribution in [3.63, 3.8) is 0 Å². The summed E-state index contributed by atoms with van der Waals surface area (Å²) in [5, 5.41) is 12.5. The fourth-order valence-corrected chi connectivity index (χ4v) is 6.30. The van der Waals surface area contributed by atoms with Crippen LogP contribution in [0.15, 0.2) is 23.7 Å². The average molecular weight is 644 g/mol. The predicted molar refractivity (Wildman–Crippen MR) is 142 cm³/mol. The van der Waals surface area contributed by atoms with Crippen LogP contribution in [0.2, 0.25) is 0 Å². The van der Waals surface area contributed by atoms with Crippen LogP contribution in [0.5, 0.6) is 0 Å². The molecule has 0 atom stereocenters. The number of halogens is 6. The number of carbonyl (C=O) groups excluding carboxylic acids is 1. The lowest BCUT2D eigenvalue weighted by molar-refractivity contribution is -0.192. The average Bonchev–Trinajstić information content (AvgIpc) is 3.54. The predicted octanol–water partition coefficient (Wildman–Crippen LogP) is 4.20. The highest BCUT2D eigenvalue weighted by Gasteiger charge is 2.38. The summed E-state index contributed by atoms with van der Waals surface area (Å²) < 4.78 is 94.8. The second kappa shape index (κ2) is 13.0. The molecule has 18 heteroatoms. The van der Waals surface area contributed by atoms with Crippen molar-refractivity contribution in [3.8, 4) is 11.3 Å². The second-order valence-corrected chi connectivity index (χ2v) is 12.5. The summed E-state index contributed by atoms with van der Waals surface area (Å²) in [5.74, 6) is -3.21. The number of carboxylic acid groups (broad SMARTS) is 1. The van der Waals surface area contributed by atoms with Crippen molar-refractivity contribution >= 4 is 44.1 Å². The molecule has 1 saturated heterocycles. The van der Waals surface area contributed by atoms with Gasteiger partial charge in [-0.25, -0.2) is 22.5 Å². The van der Waals surface area contributed by atoms with Crippen molar-refractivity contribution in [1.82, 2.24) is 19.6 Å². The third kappa shape index (κ3) is 8.42. The molecule has 0 bridgehead atoms. The van der Waals surface area contributed by atoms with E-state index in [1.807, 2.05) is 12.3 Å². The molecule has 1 aromatic carbocycles. The van der Waals surface area contributed by atoms with Crippen molar-refractivity contribution < 1.29 is 49.5 Å². The first-order valence-corrected chi connectivity index (χ1v) is 14.9. The van der Waals surface area contributed by atoms with Crippen molar-refractivity contribution in [2.24, 2.45) is 5.73 Å². The van der Waals surface area contributed by atoms with Gasteiger partial charge in [0.2, 0.25) is 10.0 Å². The zero-order valence-electron chi connectivity index (χ0n) is 22.0. The fraction of sp³-hybridized carbons (Fsp3) is 0.458. The number of aliphatic carboxylic acids is 1. The highest BCUT2D eigenvalue weighted by molar-refractivity contribution is 7.89. The normalized spacial score (nSPS) is 15.4. The Morgan fingerprint density at radius 3 is 2.33 bits per heavy atom. The molecule has 3 heterocycles. The summed E-state index contributed by atoms with van der Waals surface area (Å²) in [6.07, 6.45) is -6.26. The lowest BCUT2D eigenvalue weighted by atomic mass is 9.89. The fourth-order valence-electron chi connectivity index (χ4n) is 4.40. The van der Waals surface area contributed by atoms with Crippen LogP contribution < -0.4 is 11.1 Å². The Morgan fingerprint density at radius 2 is 1.81 bits per heavy atom. The number of benzene rings is 1. The monoisotopic (exact) mass is 643 g/mol. The maximum absolute atomic E-state index is 12.4. The number of carbonyl (C=O) groups is 2. The van der Waals surface area contributed by atoms with E-state index in [1.165, 1.54) is 15.6 Å². The van der Waals surface area contributed by atoms with Gasteiger partial charge >= 0.3 is 18.3 Å². The molecule has 1 amide bonds. The Labute approximate surface area is 240 Å². The maximum atomic E-state index is 12.4. The number of H-pyrrole nitrogens is 1. The zero-order chi connectivity index (χ0) is 31.5. The number of fused-ring (bicyclic) bond motifs is 1. The van der Waals surface area contributed by atoms with E-state index in [9.17, 15) is 39.6 Å². The smallest absolute Gasteiger partial charge is 0.475 e. The number of nitrogens with zero attached hydrogens (tertiary/aromatic N) is 2. The van der Waals surface area contributed by atoms with Crippen LogP contribution in [-0.2, 0) is 21.4 Å². The number of hydrogen-bond acceptors (Lipinski definition) is 7. The molecule has 2 aromatic heterocycles. The molecule has 42 heavy (non-hydrogen) atoms. The molecule has 1 fully saturated rings. The molecule has 232 valence electrons. The van der Waals surface area contributed by atoms with E-state index in [0.717, 1.165) is 10.9 Å². The number of piperidine rings is 1. The number of aromatic nitrogens is 2. The number of nitrogens with two attached hydrogens (primary N) is 1. The summed E-state index contributed by atoms with van der Waals surface area (Å²) in [5.41, 5.74) is 8.68. The third-order valence-corrected chi connectivity index (χ3v) is 9.16. The number of rotatable bonds is 8. The highest BCUT2D eigenvalue weighted by atomic mass is 32.2. The van der Waals surface area contributed by atoms with Crippen LogP contribution in [0.25, 0.3) is 22.2 Å². The number of hydrogen-bond donors (Lipinski definition) is 4. The summed E-state index contributed by atoms with van der Waals surface area (Å²) in [7, 11) is -3.24. The Balaban J connectivity index is 0.000000616. The highest BCUT2D eigenvalue weighted by Crippen LogP contribution is 2.37. The maximum Gasteiger partial charge on any atom is 0.490 e. The Bertz CT molecular complexity index is 1530. The van der Waals surface area contributed by atoms with Crippen LogP contribution in [0.1, 0.15) is 46.6 Å². The van der Waals surface area contributed by atoms with Crippen molar-refractivity contribution in [2.75, 3.05) is 25.4 Å². The van der Waals surface area contributed by atoms with Crippen LogP contribution in [0.3, 0.4) is 0 Å². The molecule has 4 rings (SSSR count). The van der Waals surface area contributed by atoms with Gasteiger partial charge in [0.25, 0.3) is 5.91 Å². The number of aromatic amines is 1. The molecular formula is C24H27F6N5O5S2. The molecule has 10 nitrogen and oxygen atoms in total. The van der Waals surface area contributed by atoms with E-state index in [4.69, 9.17) is 15.6 Å². The minimum absolute atomic E-state index is 0.0241. The largest absolute Gasteiger partial charge is 0.490 e. The molecule has 0 aliphatic carbocycles. The number of carboxylic acids is 1. The first-order valence-electron chi connectivity index (χ1n) is 12.4.